The van der Waals surface area contributed by atoms with Crippen molar-refractivity contribution in [3.05, 3.63) is 52.7 Å². The standard InChI is InChI=1S/C27H28N2O5S/c1-35(32,33)16-5-6-17-18-12-27(31)21-10-15-4-7-20(30)24-22(15)26(27,8-9-29(21)13-14-2-3-14)25(34-24)23(18)28-19(17)11-16/h4-7,11,14,21,25,28,30-31H,2-3,8-10,12-13H2,1H3. The maximum absolute atomic E-state index is 12.8. The van der Waals surface area contributed by atoms with Crippen molar-refractivity contribution >= 4 is 20.7 Å². The number of ether oxygens (including phenoxy) is 1. The lowest BCUT2D eigenvalue weighted by Crippen LogP contribution is -2.74. The van der Waals surface area contributed by atoms with E-state index in [9.17, 15) is 18.6 Å². The van der Waals surface area contributed by atoms with Crippen LogP contribution in [0.5, 0.6) is 11.5 Å². The highest BCUT2D eigenvalue weighted by Crippen LogP contribution is 2.69. The fraction of sp³-hybridized carbons (Fsp3) is 0.481. The third-order valence-corrected chi connectivity index (χ3v) is 10.7. The summed E-state index contributed by atoms with van der Waals surface area (Å²) in [5.41, 5.74) is 3.08. The van der Waals surface area contributed by atoms with Crippen molar-refractivity contribution in [3.8, 4) is 11.5 Å². The molecule has 0 radical (unpaired) electrons. The SMILES string of the molecule is CS(=O)(=O)c1ccc2c3c([nH]c2c1)C1Oc2c(O)ccc4c2C12CCN(CC1CC1)C(C4)C2(O)C3. The molecule has 4 unspecified atom stereocenters. The molecular formula is C27H28N2O5S. The number of phenolic OH excluding ortho intramolecular Hbond substituents is 1. The Hall–Kier alpha value is -2.55. The topological polar surface area (TPSA) is 103 Å². The average Bonchev–Trinajstić information content (AvgIpc) is 3.44. The minimum Gasteiger partial charge on any atom is -0.504 e. The summed E-state index contributed by atoms with van der Waals surface area (Å²) in [6.07, 6.45) is 5.25. The monoisotopic (exact) mass is 492 g/mol. The van der Waals surface area contributed by atoms with Gasteiger partial charge in [-0.2, -0.15) is 0 Å². The molecule has 4 atom stereocenters. The predicted octanol–water partition coefficient (Wildman–Crippen LogP) is 2.98. The van der Waals surface area contributed by atoms with Crippen LogP contribution < -0.4 is 4.74 Å². The number of aromatic hydroxyl groups is 1. The molecule has 3 aliphatic carbocycles. The number of hydrogen-bond acceptors (Lipinski definition) is 6. The number of sulfone groups is 1. The van der Waals surface area contributed by atoms with Crippen LogP contribution in [0.2, 0.25) is 0 Å². The molecule has 1 spiro atoms. The Kier molecular flexibility index (Phi) is 3.67. The summed E-state index contributed by atoms with van der Waals surface area (Å²) in [4.78, 5) is 6.27. The number of benzene rings is 2. The van der Waals surface area contributed by atoms with Crippen LogP contribution in [-0.2, 0) is 28.1 Å². The molecule has 3 heterocycles. The van der Waals surface area contributed by atoms with Gasteiger partial charge in [0.1, 0.15) is 0 Å². The summed E-state index contributed by atoms with van der Waals surface area (Å²) < 4.78 is 31.0. The Morgan fingerprint density at radius 3 is 2.83 bits per heavy atom. The van der Waals surface area contributed by atoms with E-state index >= 15 is 0 Å². The van der Waals surface area contributed by atoms with Crippen LogP contribution in [0.3, 0.4) is 0 Å². The van der Waals surface area contributed by atoms with Gasteiger partial charge >= 0.3 is 0 Å². The van der Waals surface area contributed by atoms with Crippen molar-refractivity contribution in [3.63, 3.8) is 0 Å². The smallest absolute Gasteiger partial charge is 0.175 e. The lowest BCUT2D eigenvalue weighted by molar-refractivity contribution is -0.173. The number of hydrogen-bond donors (Lipinski definition) is 3. The Balaban J connectivity index is 1.39. The zero-order valence-corrected chi connectivity index (χ0v) is 20.4. The van der Waals surface area contributed by atoms with E-state index in [-0.39, 0.29) is 16.7 Å². The van der Waals surface area contributed by atoms with Gasteiger partial charge in [-0.3, -0.25) is 4.90 Å². The van der Waals surface area contributed by atoms with E-state index in [1.165, 1.54) is 19.1 Å². The molecule has 0 amide bonds. The number of piperidine rings is 1. The highest BCUT2D eigenvalue weighted by Gasteiger charge is 2.72. The van der Waals surface area contributed by atoms with E-state index in [0.717, 1.165) is 65.1 Å². The lowest BCUT2D eigenvalue weighted by Gasteiger charge is -2.62. The van der Waals surface area contributed by atoms with E-state index in [1.807, 2.05) is 12.1 Å². The van der Waals surface area contributed by atoms with Gasteiger partial charge in [0.15, 0.2) is 27.4 Å². The van der Waals surface area contributed by atoms with Crippen LogP contribution in [0.4, 0.5) is 0 Å². The van der Waals surface area contributed by atoms with Gasteiger partial charge in [0.05, 0.1) is 21.6 Å². The number of likely N-dealkylation sites (tertiary alicyclic amines) is 1. The zero-order valence-electron chi connectivity index (χ0n) is 19.5. The van der Waals surface area contributed by atoms with Gasteiger partial charge in [-0.1, -0.05) is 12.1 Å². The van der Waals surface area contributed by atoms with E-state index in [2.05, 4.69) is 9.88 Å². The van der Waals surface area contributed by atoms with Crippen molar-refractivity contribution in [2.45, 2.75) is 60.2 Å². The molecule has 182 valence electrons. The van der Waals surface area contributed by atoms with Gasteiger partial charge < -0.3 is 19.9 Å². The van der Waals surface area contributed by atoms with Crippen LogP contribution >= 0.6 is 0 Å². The van der Waals surface area contributed by atoms with Crippen molar-refractivity contribution in [2.75, 3.05) is 19.3 Å². The molecular weight excluding hydrogens is 464 g/mol. The zero-order chi connectivity index (χ0) is 23.9. The number of aliphatic hydroxyl groups is 1. The van der Waals surface area contributed by atoms with Crippen LogP contribution in [0, 0.1) is 5.92 Å². The molecule has 1 aromatic heterocycles. The molecule has 3 aromatic rings. The summed E-state index contributed by atoms with van der Waals surface area (Å²) in [7, 11) is -3.35. The van der Waals surface area contributed by atoms with Gasteiger partial charge in [0.2, 0.25) is 0 Å². The minimum atomic E-state index is -3.35. The molecule has 2 aromatic carbocycles. The molecule has 2 fully saturated rings. The fourth-order valence-corrected chi connectivity index (χ4v) is 8.49. The molecule has 3 N–H and O–H groups in total. The number of phenols is 1. The first-order valence-corrected chi connectivity index (χ1v) is 14.4. The second-order valence-corrected chi connectivity index (χ2v) is 13.4. The van der Waals surface area contributed by atoms with E-state index in [4.69, 9.17) is 4.74 Å². The maximum Gasteiger partial charge on any atom is 0.175 e. The number of H-pyrrole nitrogens is 1. The number of aromatic nitrogens is 1. The lowest BCUT2D eigenvalue weighted by atomic mass is 9.49. The van der Waals surface area contributed by atoms with Crippen LogP contribution in [0.25, 0.3) is 10.9 Å². The van der Waals surface area contributed by atoms with Crippen LogP contribution in [0.15, 0.2) is 35.2 Å². The Labute approximate surface area is 203 Å². The Bertz CT molecular complexity index is 1560. The first-order valence-electron chi connectivity index (χ1n) is 12.5. The first kappa shape index (κ1) is 20.6. The molecule has 8 rings (SSSR count). The molecule has 35 heavy (non-hydrogen) atoms. The second-order valence-electron chi connectivity index (χ2n) is 11.4. The average molecular weight is 493 g/mol. The number of nitrogens with one attached hydrogen (secondary N) is 1. The fourth-order valence-electron chi connectivity index (χ4n) is 7.84. The summed E-state index contributed by atoms with van der Waals surface area (Å²) in [6, 6.07) is 8.89. The van der Waals surface area contributed by atoms with E-state index in [1.54, 1.807) is 18.2 Å². The number of rotatable bonds is 3. The van der Waals surface area contributed by atoms with Gasteiger partial charge in [-0.05, 0) is 67.5 Å². The molecule has 2 aliphatic heterocycles. The summed E-state index contributed by atoms with van der Waals surface area (Å²) >= 11 is 0. The van der Waals surface area contributed by atoms with Crippen molar-refractivity contribution < 1.29 is 23.4 Å². The predicted molar refractivity (Wildman–Crippen MR) is 130 cm³/mol. The second kappa shape index (κ2) is 6.22. The minimum absolute atomic E-state index is 0.0284. The van der Waals surface area contributed by atoms with Crippen LogP contribution in [0.1, 0.15) is 47.8 Å². The molecule has 7 nitrogen and oxygen atoms in total. The molecule has 8 heteroatoms. The quantitative estimate of drug-likeness (QED) is 0.520. The molecule has 1 saturated carbocycles. The van der Waals surface area contributed by atoms with Gasteiger partial charge in [0.25, 0.3) is 0 Å². The molecule has 2 bridgehead atoms. The molecule has 5 aliphatic rings. The van der Waals surface area contributed by atoms with Gasteiger partial charge in [0, 0.05) is 41.7 Å². The van der Waals surface area contributed by atoms with Crippen LogP contribution in [-0.4, -0.2) is 59.5 Å². The maximum atomic E-state index is 12.8. The Morgan fingerprint density at radius 1 is 1.23 bits per heavy atom. The van der Waals surface area contributed by atoms with E-state index < -0.39 is 27.0 Å². The normalized spacial score (nSPS) is 32.9. The summed E-state index contributed by atoms with van der Waals surface area (Å²) in [5.74, 6) is 1.34. The highest BCUT2D eigenvalue weighted by atomic mass is 32.2. The number of aromatic amines is 1. The first-order chi connectivity index (χ1) is 16.7. The van der Waals surface area contributed by atoms with Gasteiger partial charge in [-0.15, -0.1) is 0 Å². The Morgan fingerprint density at radius 2 is 2.06 bits per heavy atom. The third kappa shape index (κ3) is 2.41. The summed E-state index contributed by atoms with van der Waals surface area (Å²) in [5, 5.41) is 24.5. The summed E-state index contributed by atoms with van der Waals surface area (Å²) in [6.45, 7) is 1.92. The largest absolute Gasteiger partial charge is 0.504 e. The van der Waals surface area contributed by atoms with Gasteiger partial charge in [-0.25, -0.2) is 8.42 Å². The van der Waals surface area contributed by atoms with Crippen molar-refractivity contribution in [1.82, 2.24) is 9.88 Å². The van der Waals surface area contributed by atoms with Crippen molar-refractivity contribution in [2.24, 2.45) is 5.92 Å². The number of fused-ring (bicyclic) bond motifs is 4. The van der Waals surface area contributed by atoms with Crippen molar-refractivity contribution in [1.29, 1.82) is 0 Å². The molecule has 1 saturated heterocycles. The van der Waals surface area contributed by atoms with E-state index in [0.29, 0.717) is 12.2 Å². The number of nitrogens with zero attached hydrogens (tertiary/aromatic N) is 1. The highest BCUT2D eigenvalue weighted by molar-refractivity contribution is 7.90. The third-order valence-electron chi connectivity index (χ3n) is 9.56.